The van der Waals surface area contributed by atoms with Crippen LogP contribution in [0.25, 0.3) is 0 Å². The molecule has 16 heavy (non-hydrogen) atoms. The second-order valence-corrected chi connectivity index (χ2v) is 3.63. The summed E-state index contributed by atoms with van der Waals surface area (Å²) in [6.07, 6.45) is 1.21. The number of rotatable bonds is 3. The Morgan fingerprint density at radius 2 is 2.19 bits per heavy atom. The molecule has 0 atom stereocenters. The summed E-state index contributed by atoms with van der Waals surface area (Å²) < 4.78 is 19.0. The quantitative estimate of drug-likeness (QED) is 0.498. The Labute approximate surface area is 100 Å². The largest absolute Gasteiger partial charge is 0.495 e. The minimum atomic E-state index is -0.477. The lowest BCUT2D eigenvalue weighted by Crippen LogP contribution is -2.21. The molecular formula is C9H10BrFN4O. The third-order valence-corrected chi connectivity index (χ3v) is 2.26. The zero-order valence-electron chi connectivity index (χ0n) is 8.45. The summed E-state index contributed by atoms with van der Waals surface area (Å²) in [5.74, 6) is -0.268. The highest BCUT2D eigenvalue weighted by Gasteiger charge is 2.06. The van der Waals surface area contributed by atoms with E-state index in [4.69, 9.17) is 16.2 Å². The van der Waals surface area contributed by atoms with Crippen LogP contribution in [0.1, 0.15) is 5.56 Å². The van der Waals surface area contributed by atoms with Crippen molar-refractivity contribution in [2.75, 3.05) is 7.11 Å². The van der Waals surface area contributed by atoms with Gasteiger partial charge < -0.3 is 16.2 Å². The van der Waals surface area contributed by atoms with Gasteiger partial charge in [-0.15, -0.1) is 5.10 Å². The fourth-order valence-corrected chi connectivity index (χ4v) is 1.48. The highest BCUT2D eigenvalue weighted by Crippen LogP contribution is 2.27. The first-order valence-electron chi connectivity index (χ1n) is 4.19. The fourth-order valence-electron chi connectivity index (χ4n) is 0.957. The van der Waals surface area contributed by atoms with Crippen LogP contribution in [0.3, 0.4) is 0 Å². The summed E-state index contributed by atoms with van der Waals surface area (Å²) >= 11 is 3.22. The molecule has 0 amide bonds. The average molecular weight is 289 g/mol. The van der Waals surface area contributed by atoms with E-state index in [1.54, 1.807) is 0 Å². The predicted octanol–water partition coefficient (Wildman–Crippen LogP) is 1.20. The molecule has 0 unspecified atom stereocenters. The second kappa shape index (κ2) is 5.45. The summed E-state index contributed by atoms with van der Waals surface area (Å²) in [6.45, 7) is 0. The van der Waals surface area contributed by atoms with Crippen LogP contribution in [-0.4, -0.2) is 19.3 Å². The number of nitrogens with zero attached hydrogens (tertiary/aromatic N) is 2. The van der Waals surface area contributed by atoms with Gasteiger partial charge in [-0.25, -0.2) is 4.39 Å². The van der Waals surface area contributed by atoms with Crippen LogP contribution in [0.2, 0.25) is 0 Å². The van der Waals surface area contributed by atoms with Gasteiger partial charge in [0, 0.05) is 11.6 Å². The van der Waals surface area contributed by atoms with E-state index in [1.165, 1.54) is 25.5 Å². The van der Waals surface area contributed by atoms with Gasteiger partial charge >= 0.3 is 0 Å². The van der Waals surface area contributed by atoms with E-state index >= 15 is 0 Å². The van der Waals surface area contributed by atoms with Gasteiger partial charge in [-0.05, 0) is 22.0 Å². The second-order valence-electron chi connectivity index (χ2n) is 2.78. The van der Waals surface area contributed by atoms with Gasteiger partial charge in [0.1, 0.15) is 11.6 Å². The van der Waals surface area contributed by atoms with Crippen molar-refractivity contribution in [2.45, 2.75) is 0 Å². The van der Waals surface area contributed by atoms with E-state index in [0.717, 1.165) is 0 Å². The van der Waals surface area contributed by atoms with E-state index in [9.17, 15) is 4.39 Å². The average Bonchev–Trinajstić information content (AvgIpc) is 2.22. The first-order valence-corrected chi connectivity index (χ1v) is 4.99. The number of hydrogen-bond acceptors (Lipinski definition) is 3. The molecule has 0 aromatic heterocycles. The Hall–Kier alpha value is -1.63. The van der Waals surface area contributed by atoms with Crippen LogP contribution in [0.5, 0.6) is 5.75 Å². The van der Waals surface area contributed by atoms with Crippen LogP contribution in [-0.2, 0) is 0 Å². The van der Waals surface area contributed by atoms with E-state index in [1.807, 2.05) is 0 Å². The zero-order chi connectivity index (χ0) is 12.1. The van der Waals surface area contributed by atoms with Crippen LogP contribution in [0, 0.1) is 5.82 Å². The number of ether oxygens (including phenoxy) is 1. The van der Waals surface area contributed by atoms with Crippen molar-refractivity contribution in [3.05, 3.63) is 28.0 Å². The van der Waals surface area contributed by atoms with Gasteiger partial charge in [-0.3, -0.25) is 0 Å². The number of hydrogen-bond donors (Lipinski definition) is 2. The Morgan fingerprint density at radius 1 is 1.50 bits per heavy atom. The predicted molar refractivity (Wildman–Crippen MR) is 64.1 cm³/mol. The van der Waals surface area contributed by atoms with Crippen molar-refractivity contribution in [3.8, 4) is 5.75 Å². The van der Waals surface area contributed by atoms with E-state index in [0.29, 0.717) is 10.2 Å². The molecule has 4 N–H and O–H groups in total. The van der Waals surface area contributed by atoms with Gasteiger partial charge in [-0.1, -0.05) is 0 Å². The molecule has 86 valence electrons. The van der Waals surface area contributed by atoms with Crippen molar-refractivity contribution >= 4 is 28.1 Å². The number of benzene rings is 1. The summed E-state index contributed by atoms with van der Waals surface area (Å²) in [6, 6.07) is 2.75. The molecule has 0 saturated heterocycles. The molecule has 0 aliphatic rings. The Kier molecular flexibility index (Phi) is 4.24. The third kappa shape index (κ3) is 3.20. The van der Waals surface area contributed by atoms with Gasteiger partial charge in [0.2, 0.25) is 5.96 Å². The lowest BCUT2D eigenvalue weighted by atomic mass is 10.2. The van der Waals surface area contributed by atoms with Crippen molar-refractivity contribution in [3.63, 3.8) is 0 Å². The standard InChI is InChI=1S/C9H10BrFN4O/c1-16-8-3-7(11)5(2-6(8)10)4-14-15-9(12)13/h2-4H,1H3,(H4,12,13,15). The van der Waals surface area contributed by atoms with Gasteiger partial charge in [0.15, 0.2) is 0 Å². The molecule has 1 rings (SSSR count). The Balaban J connectivity index is 3.02. The normalized spacial score (nSPS) is 10.4. The monoisotopic (exact) mass is 288 g/mol. The lowest BCUT2D eigenvalue weighted by Gasteiger charge is -2.04. The number of guanidine groups is 1. The molecular weight excluding hydrogens is 279 g/mol. The molecule has 0 bridgehead atoms. The molecule has 0 fully saturated rings. The van der Waals surface area contributed by atoms with Crippen LogP contribution >= 0.6 is 15.9 Å². The van der Waals surface area contributed by atoms with Crippen LogP contribution < -0.4 is 16.2 Å². The molecule has 1 aromatic carbocycles. The Morgan fingerprint density at radius 3 is 2.75 bits per heavy atom. The van der Waals surface area contributed by atoms with E-state index < -0.39 is 5.82 Å². The summed E-state index contributed by atoms with van der Waals surface area (Å²) in [7, 11) is 1.45. The highest BCUT2D eigenvalue weighted by atomic mass is 79.9. The highest BCUT2D eigenvalue weighted by molar-refractivity contribution is 9.10. The maximum absolute atomic E-state index is 13.4. The fraction of sp³-hybridized carbons (Fsp3) is 0.111. The summed E-state index contributed by atoms with van der Waals surface area (Å²) in [4.78, 5) is 0. The van der Waals surface area contributed by atoms with Crippen LogP contribution in [0.15, 0.2) is 26.8 Å². The Bertz CT molecular complexity index is 443. The molecule has 7 heteroatoms. The maximum atomic E-state index is 13.4. The summed E-state index contributed by atoms with van der Waals surface area (Å²) in [5.41, 5.74) is 10.4. The molecule has 0 saturated carbocycles. The first-order chi connectivity index (χ1) is 7.54. The molecule has 0 radical (unpaired) electrons. The number of nitrogens with two attached hydrogens (primary N) is 2. The molecule has 1 aromatic rings. The molecule has 0 heterocycles. The lowest BCUT2D eigenvalue weighted by molar-refractivity contribution is 0.408. The molecule has 5 nitrogen and oxygen atoms in total. The minimum absolute atomic E-state index is 0.191. The van der Waals surface area contributed by atoms with Gasteiger partial charge in [0.05, 0.1) is 17.8 Å². The van der Waals surface area contributed by atoms with Crippen molar-refractivity contribution in [2.24, 2.45) is 21.7 Å². The first kappa shape index (κ1) is 12.4. The SMILES string of the molecule is COc1cc(F)c(C=NN=C(N)N)cc1Br. The maximum Gasteiger partial charge on any atom is 0.211 e. The zero-order valence-corrected chi connectivity index (χ0v) is 10.0. The van der Waals surface area contributed by atoms with Gasteiger partial charge in [0.25, 0.3) is 0 Å². The minimum Gasteiger partial charge on any atom is -0.495 e. The van der Waals surface area contributed by atoms with Crippen LogP contribution in [0.4, 0.5) is 4.39 Å². The van der Waals surface area contributed by atoms with E-state index in [2.05, 4.69) is 26.1 Å². The molecule has 0 spiro atoms. The molecule has 0 aliphatic carbocycles. The smallest absolute Gasteiger partial charge is 0.211 e. The van der Waals surface area contributed by atoms with Gasteiger partial charge in [-0.2, -0.15) is 5.10 Å². The van der Waals surface area contributed by atoms with Crippen molar-refractivity contribution < 1.29 is 9.13 Å². The summed E-state index contributed by atoms with van der Waals surface area (Å²) in [5, 5.41) is 6.87. The third-order valence-electron chi connectivity index (χ3n) is 1.64. The van der Waals surface area contributed by atoms with E-state index in [-0.39, 0.29) is 11.5 Å². The topological polar surface area (TPSA) is 86.0 Å². The van der Waals surface area contributed by atoms with Crippen molar-refractivity contribution in [1.82, 2.24) is 0 Å². The number of methoxy groups -OCH3 is 1. The number of halogens is 2. The van der Waals surface area contributed by atoms with Crippen molar-refractivity contribution in [1.29, 1.82) is 0 Å². The molecule has 0 aliphatic heterocycles.